The van der Waals surface area contributed by atoms with E-state index in [0.717, 1.165) is 6.42 Å². The van der Waals surface area contributed by atoms with Crippen LogP contribution in [0.4, 0.5) is 0 Å². The first-order valence-corrected chi connectivity index (χ1v) is 5.96. The van der Waals surface area contributed by atoms with Crippen molar-refractivity contribution in [2.75, 3.05) is 12.3 Å². The van der Waals surface area contributed by atoms with Gasteiger partial charge in [-0.15, -0.1) is 6.58 Å². The maximum Gasteiger partial charge on any atom is 0.217 e. The van der Waals surface area contributed by atoms with Crippen molar-refractivity contribution in [2.24, 2.45) is 5.73 Å². The van der Waals surface area contributed by atoms with E-state index in [1.807, 2.05) is 6.92 Å². The molecule has 2 N–H and O–H groups in total. The third-order valence-electron chi connectivity index (χ3n) is 2.44. The average molecular weight is 204 g/mol. The lowest BCUT2D eigenvalue weighted by Gasteiger charge is -2.21. The fraction of sp³-hybridized carbons (Fsp3) is 0.750. The van der Waals surface area contributed by atoms with Crippen molar-refractivity contribution < 1.29 is 8.42 Å². The molecule has 1 aliphatic rings. The van der Waals surface area contributed by atoms with Gasteiger partial charge in [-0.1, -0.05) is 6.08 Å². The predicted octanol–water partition coefficient (Wildman–Crippen LogP) is -0.0763. The molecule has 1 rings (SSSR count). The van der Waals surface area contributed by atoms with Gasteiger partial charge in [0.1, 0.15) is 0 Å². The van der Waals surface area contributed by atoms with Gasteiger partial charge in [0.2, 0.25) is 10.0 Å². The molecule has 4 nitrogen and oxygen atoms in total. The monoisotopic (exact) mass is 204 g/mol. The van der Waals surface area contributed by atoms with Gasteiger partial charge in [-0.25, -0.2) is 8.42 Å². The maximum atomic E-state index is 11.6. The zero-order valence-electron chi connectivity index (χ0n) is 7.81. The molecule has 0 amide bonds. The lowest BCUT2D eigenvalue weighted by Crippen LogP contribution is -2.41. The Hall–Kier alpha value is -0.390. The van der Waals surface area contributed by atoms with Gasteiger partial charge >= 0.3 is 0 Å². The molecule has 5 heteroatoms. The van der Waals surface area contributed by atoms with Crippen LogP contribution in [0, 0.1) is 0 Å². The predicted molar refractivity (Wildman–Crippen MR) is 52.7 cm³/mol. The van der Waals surface area contributed by atoms with Gasteiger partial charge in [0.25, 0.3) is 0 Å². The van der Waals surface area contributed by atoms with Crippen LogP contribution in [-0.4, -0.2) is 37.1 Å². The summed E-state index contributed by atoms with van der Waals surface area (Å²) in [7, 11) is -3.16. The Labute approximate surface area is 79.5 Å². The summed E-state index contributed by atoms with van der Waals surface area (Å²) in [6.07, 6.45) is 2.16. The zero-order chi connectivity index (χ0) is 10.1. The second kappa shape index (κ2) is 3.77. The smallest absolute Gasteiger partial charge is 0.217 e. The van der Waals surface area contributed by atoms with Crippen LogP contribution in [0.25, 0.3) is 0 Å². The number of rotatable bonds is 3. The molecular weight excluding hydrogens is 188 g/mol. The zero-order valence-corrected chi connectivity index (χ0v) is 8.63. The molecule has 0 bridgehead atoms. The fourth-order valence-electron chi connectivity index (χ4n) is 1.57. The first kappa shape index (κ1) is 10.7. The third-order valence-corrected chi connectivity index (χ3v) is 4.33. The molecule has 0 aromatic rings. The summed E-state index contributed by atoms with van der Waals surface area (Å²) < 4.78 is 24.6. The number of hydrogen-bond acceptors (Lipinski definition) is 3. The molecule has 0 aromatic carbocycles. The Morgan fingerprint density at radius 2 is 2.31 bits per heavy atom. The van der Waals surface area contributed by atoms with Crippen molar-refractivity contribution in [3.05, 3.63) is 12.7 Å². The molecule has 13 heavy (non-hydrogen) atoms. The van der Waals surface area contributed by atoms with Crippen LogP contribution in [0.15, 0.2) is 12.7 Å². The number of hydrogen-bond donors (Lipinski definition) is 1. The summed E-state index contributed by atoms with van der Waals surface area (Å²) in [4.78, 5) is 0. The number of nitrogens with two attached hydrogens (primary N) is 1. The van der Waals surface area contributed by atoms with Gasteiger partial charge in [0.15, 0.2) is 0 Å². The highest BCUT2D eigenvalue weighted by atomic mass is 32.2. The first-order valence-electron chi connectivity index (χ1n) is 4.35. The Kier molecular flexibility index (Phi) is 3.10. The lowest BCUT2D eigenvalue weighted by atomic mass is 10.2. The van der Waals surface area contributed by atoms with Gasteiger partial charge in [-0.05, 0) is 13.3 Å². The van der Waals surface area contributed by atoms with Crippen LogP contribution in [0.2, 0.25) is 0 Å². The topological polar surface area (TPSA) is 63.4 Å². The van der Waals surface area contributed by atoms with E-state index in [9.17, 15) is 8.42 Å². The molecule has 0 saturated carbocycles. The van der Waals surface area contributed by atoms with E-state index in [1.54, 1.807) is 0 Å². The summed E-state index contributed by atoms with van der Waals surface area (Å²) >= 11 is 0. The molecule has 1 saturated heterocycles. The van der Waals surface area contributed by atoms with Crippen molar-refractivity contribution in [1.29, 1.82) is 0 Å². The van der Waals surface area contributed by atoms with Gasteiger partial charge < -0.3 is 5.73 Å². The van der Waals surface area contributed by atoms with Crippen LogP contribution in [0.5, 0.6) is 0 Å². The van der Waals surface area contributed by atoms with E-state index in [0.29, 0.717) is 6.54 Å². The van der Waals surface area contributed by atoms with Gasteiger partial charge in [0.05, 0.1) is 5.75 Å². The molecule has 1 fully saturated rings. The minimum atomic E-state index is -3.16. The summed E-state index contributed by atoms with van der Waals surface area (Å²) in [5.41, 5.74) is 5.73. The van der Waals surface area contributed by atoms with E-state index in [2.05, 4.69) is 6.58 Å². The van der Waals surface area contributed by atoms with E-state index in [4.69, 9.17) is 5.73 Å². The van der Waals surface area contributed by atoms with Crippen molar-refractivity contribution >= 4 is 10.0 Å². The highest BCUT2D eigenvalue weighted by Crippen LogP contribution is 2.19. The standard InChI is InChI=1S/C8H16N2O2S/c1-3-6-13(11,12)10-5-4-8(9)7(10)2/h3,7-8H,1,4-6,9H2,2H3. The molecule has 1 heterocycles. The number of nitrogens with zero attached hydrogens (tertiary/aromatic N) is 1. The largest absolute Gasteiger partial charge is 0.326 e. The molecule has 2 unspecified atom stereocenters. The molecule has 0 spiro atoms. The Bertz CT molecular complexity index is 287. The van der Waals surface area contributed by atoms with E-state index < -0.39 is 10.0 Å². The fourth-order valence-corrected chi connectivity index (χ4v) is 3.11. The minimum absolute atomic E-state index is 0.00403. The van der Waals surface area contributed by atoms with Crippen molar-refractivity contribution in [3.8, 4) is 0 Å². The first-order chi connectivity index (χ1) is 5.99. The quantitative estimate of drug-likeness (QED) is 0.654. The number of sulfonamides is 1. The molecule has 76 valence electrons. The Morgan fingerprint density at radius 1 is 1.69 bits per heavy atom. The highest BCUT2D eigenvalue weighted by molar-refractivity contribution is 7.89. The van der Waals surface area contributed by atoms with Gasteiger partial charge in [-0.2, -0.15) is 4.31 Å². The molecule has 0 radical (unpaired) electrons. The lowest BCUT2D eigenvalue weighted by molar-refractivity contribution is 0.395. The van der Waals surface area contributed by atoms with Crippen LogP contribution < -0.4 is 5.73 Å². The molecule has 0 aliphatic carbocycles. The SMILES string of the molecule is C=CCS(=O)(=O)N1CCC(N)C1C. The van der Waals surface area contributed by atoms with Crippen LogP contribution in [0.1, 0.15) is 13.3 Å². The van der Waals surface area contributed by atoms with Crippen molar-refractivity contribution in [2.45, 2.75) is 25.4 Å². The van der Waals surface area contributed by atoms with Crippen LogP contribution >= 0.6 is 0 Å². The summed E-state index contributed by atoms with van der Waals surface area (Å²) in [5.74, 6) is 0.00403. The molecule has 1 aliphatic heterocycles. The van der Waals surface area contributed by atoms with Crippen LogP contribution in [0.3, 0.4) is 0 Å². The van der Waals surface area contributed by atoms with E-state index >= 15 is 0 Å². The summed E-state index contributed by atoms with van der Waals surface area (Å²) in [6.45, 7) is 5.81. The van der Waals surface area contributed by atoms with Crippen LogP contribution in [-0.2, 0) is 10.0 Å². The second-order valence-corrected chi connectivity index (χ2v) is 5.34. The summed E-state index contributed by atoms with van der Waals surface area (Å²) in [5, 5.41) is 0. The average Bonchev–Trinajstić information content (AvgIpc) is 2.33. The highest BCUT2D eigenvalue weighted by Gasteiger charge is 2.35. The van der Waals surface area contributed by atoms with E-state index in [-0.39, 0.29) is 17.8 Å². The molecule has 2 atom stereocenters. The molecular formula is C8H16N2O2S. The van der Waals surface area contributed by atoms with Gasteiger partial charge in [-0.3, -0.25) is 0 Å². The van der Waals surface area contributed by atoms with E-state index in [1.165, 1.54) is 10.4 Å². The minimum Gasteiger partial charge on any atom is -0.326 e. The second-order valence-electron chi connectivity index (χ2n) is 3.37. The Morgan fingerprint density at radius 3 is 2.69 bits per heavy atom. The molecule has 0 aromatic heterocycles. The third kappa shape index (κ3) is 2.10. The maximum absolute atomic E-state index is 11.6. The van der Waals surface area contributed by atoms with Crippen molar-refractivity contribution in [3.63, 3.8) is 0 Å². The van der Waals surface area contributed by atoms with Crippen molar-refractivity contribution in [1.82, 2.24) is 4.31 Å². The Balaban J connectivity index is 2.78. The van der Waals surface area contributed by atoms with Gasteiger partial charge in [0, 0.05) is 18.6 Å². The normalized spacial score (nSPS) is 30.6. The summed E-state index contributed by atoms with van der Waals surface area (Å²) in [6, 6.07) is -0.107.